The first-order valence-electron chi connectivity index (χ1n) is 13.5. The molecule has 2 saturated heterocycles. The molecule has 2 heterocycles. The number of hydrogen-bond donors (Lipinski definition) is 3. The summed E-state index contributed by atoms with van der Waals surface area (Å²) in [6.45, 7) is 4.57. The summed E-state index contributed by atoms with van der Waals surface area (Å²) in [4.78, 5) is 28.6. The summed E-state index contributed by atoms with van der Waals surface area (Å²) in [7, 11) is -1.68. The van der Waals surface area contributed by atoms with E-state index in [1.807, 2.05) is 19.1 Å². The van der Waals surface area contributed by atoms with Crippen LogP contribution in [0, 0.1) is 17.8 Å². The first kappa shape index (κ1) is 27.8. The van der Waals surface area contributed by atoms with Gasteiger partial charge in [0.2, 0.25) is 11.8 Å². The molecule has 39 heavy (non-hydrogen) atoms. The monoisotopic (exact) mass is 593 g/mol. The molecule has 7 nitrogen and oxygen atoms in total. The van der Waals surface area contributed by atoms with Gasteiger partial charge in [0.25, 0.3) is 0 Å². The van der Waals surface area contributed by atoms with Crippen molar-refractivity contribution in [1.82, 2.24) is 0 Å². The third kappa shape index (κ3) is 5.37. The predicted molar refractivity (Wildman–Crippen MR) is 154 cm³/mol. The minimum absolute atomic E-state index is 0.109. The predicted octanol–water partition coefficient (Wildman–Crippen LogP) is 4.34. The highest BCUT2D eigenvalue weighted by atomic mass is 79.9. The number of hydrogen-bond acceptors (Lipinski definition) is 6. The van der Waals surface area contributed by atoms with Crippen LogP contribution < -0.4 is 10.4 Å². The van der Waals surface area contributed by atoms with Gasteiger partial charge < -0.3 is 19.9 Å². The van der Waals surface area contributed by atoms with E-state index in [-0.39, 0.29) is 35.0 Å². The van der Waals surface area contributed by atoms with Crippen molar-refractivity contribution in [2.45, 2.75) is 52.1 Å². The number of aromatic hydroxyl groups is 1. The van der Waals surface area contributed by atoms with Gasteiger partial charge in [-0.15, -0.1) is 0 Å². The molecule has 2 aromatic carbocycles. The molecule has 2 fully saturated rings. The van der Waals surface area contributed by atoms with E-state index in [4.69, 9.17) is 4.74 Å². The average Bonchev–Trinajstić information content (AvgIpc) is 3.44. The molecule has 2 aliphatic heterocycles. The van der Waals surface area contributed by atoms with Gasteiger partial charge in [-0.25, -0.2) is 0 Å². The van der Waals surface area contributed by atoms with E-state index in [1.54, 1.807) is 30.3 Å². The van der Waals surface area contributed by atoms with Gasteiger partial charge in [0.1, 0.15) is 5.75 Å². The zero-order valence-electron chi connectivity index (χ0n) is 22.1. The number of phenols is 1. The van der Waals surface area contributed by atoms with Crippen molar-refractivity contribution in [1.29, 1.82) is 0 Å². The summed E-state index contributed by atoms with van der Waals surface area (Å²) in [5.41, 5.74) is 4.91. The van der Waals surface area contributed by atoms with E-state index in [9.17, 15) is 24.7 Å². The van der Waals surface area contributed by atoms with Crippen LogP contribution in [0.3, 0.4) is 0 Å². The second-order valence-electron chi connectivity index (χ2n) is 10.8. The molecule has 0 saturated carbocycles. The highest BCUT2D eigenvalue weighted by molar-refractivity contribution is 9.10. The first-order valence-corrected chi connectivity index (χ1v) is 14.3. The molecule has 0 unspecified atom stereocenters. The van der Waals surface area contributed by atoms with Crippen molar-refractivity contribution in [3.05, 3.63) is 69.2 Å². The topological polar surface area (TPSA) is 107 Å². The number of anilines is 1. The number of benzene rings is 2. The van der Waals surface area contributed by atoms with E-state index in [2.05, 4.69) is 22.9 Å². The normalized spacial score (nSPS) is 24.8. The summed E-state index contributed by atoms with van der Waals surface area (Å²) in [5, 5.41) is 29.4. The maximum atomic E-state index is 13.7. The maximum Gasteiger partial charge on any atom is 0.488 e. The summed E-state index contributed by atoms with van der Waals surface area (Å²) < 4.78 is 7.21. The van der Waals surface area contributed by atoms with Gasteiger partial charge in [-0.2, -0.15) is 0 Å². The first-order chi connectivity index (χ1) is 18.7. The molecule has 3 N–H and O–H groups in total. The van der Waals surface area contributed by atoms with Crippen LogP contribution in [0.2, 0.25) is 0 Å². The number of imide groups is 1. The number of rotatable bonds is 8. The highest BCUT2D eigenvalue weighted by Crippen LogP contribution is 2.51. The number of fused-ring (bicyclic) bond motifs is 3. The fourth-order valence-corrected chi connectivity index (χ4v) is 6.81. The van der Waals surface area contributed by atoms with Gasteiger partial charge in [0.05, 0.1) is 30.2 Å². The number of phenolic OH excluding ortho intramolecular Hbond substituents is 1. The number of allylic oxidation sites excluding steroid dienone is 2. The van der Waals surface area contributed by atoms with Crippen molar-refractivity contribution in [3.63, 3.8) is 0 Å². The molecule has 4 atom stereocenters. The lowest BCUT2D eigenvalue weighted by atomic mass is 9.68. The second-order valence-corrected chi connectivity index (χ2v) is 11.7. The molecule has 1 aliphatic carbocycles. The van der Waals surface area contributed by atoms with E-state index in [0.29, 0.717) is 18.7 Å². The van der Waals surface area contributed by atoms with Gasteiger partial charge in [0, 0.05) is 16.0 Å². The van der Waals surface area contributed by atoms with Gasteiger partial charge in [0.15, 0.2) is 0 Å². The van der Waals surface area contributed by atoms with Crippen molar-refractivity contribution in [3.8, 4) is 5.75 Å². The number of carbonyl (C=O) groups is 2. The molecule has 0 spiro atoms. The minimum Gasteiger partial charge on any atom is -0.507 e. The minimum atomic E-state index is -1.68. The van der Waals surface area contributed by atoms with Crippen LogP contribution in [0.4, 0.5) is 5.69 Å². The van der Waals surface area contributed by atoms with Gasteiger partial charge >= 0.3 is 7.12 Å². The number of ether oxygens (including phenoxy) is 1. The Kier molecular flexibility index (Phi) is 8.15. The van der Waals surface area contributed by atoms with E-state index >= 15 is 0 Å². The molecule has 204 valence electrons. The lowest BCUT2D eigenvalue weighted by molar-refractivity contribution is -0.122. The van der Waals surface area contributed by atoms with E-state index < -0.39 is 19.0 Å². The van der Waals surface area contributed by atoms with Crippen molar-refractivity contribution in [2.75, 3.05) is 11.5 Å². The third-order valence-electron chi connectivity index (χ3n) is 8.18. The van der Waals surface area contributed by atoms with Crippen LogP contribution in [0.15, 0.2) is 63.7 Å². The quantitative estimate of drug-likeness (QED) is 0.239. The van der Waals surface area contributed by atoms with Crippen LogP contribution in [0.1, 0.15) is 51.5 Å². The van der Waals surface area contributed by atoms with E-state index in [0.717, 1.165) is 41.3 Å². The zero-order chi connectivity index (χ0) is 27.8. The van der Waals surface area contributed by atoms with Crippen LogP contribution in [0.25, 0.3) is 6.08 Å². The average molecular weight is 594 g/mol. The SMILES string of the molecule is CCCC1=C2[C@@H](CC/C(C)=C/c3cc(Br)ccc3O)OC[C@@H]2[C@@H]2C(=O)N(c3cccc(B(O)O)c3)C(=O)[C@@H]2C1. The Hall–Kier alpha value is -2.72. The second kappa shape index (κ2) is 11.4. The Balaban J connectivity index is 1.38. The largest absolute Gasteiger partial charge is 0.507 e. The molecule has 9 heteroatoms. The lowest BCUT2D eigenvalue weighted by Gasteiger charge is -2.31. The number of nitrogens with zero attached hydrogens (tertiary/aromatic N) is 1. The Labute approximate surface area is 237 Å². The number of amides is 2. The molecule has 3 aliphatic rings. The fraction of sp³-hybridized carbons (Fsp3) is 0.400. The van der Waals surface area contributed by atoms with Crippen LogP contribution in [-0.4, -0.2) is 46.8 Å². The third-order valence-corrected chi connectivity index (χ3v) is 8.67. The summed E-state index contributed by atoms with van der Waals surface area (Å²) in [5.74, 6) is -1.28. The summed E-state index contributed by atoms with van der Waals surface area (Å²) >= 11 is 3.46. The molecule has 2 amide bonds. The number of halogens is 1. The Bertz CT molecular complexity index is 1350. The molecule has 0 bridgehead atoms. The lowest BCUT2D eigenvalue weighted by Crippen LogP contribution is -2.35. The van der Waals surface area contributed by atoms with Crippen molar-refractivity contribution < 1.29 is 29.5 Å². The molecule has 0 radical (unpaired) electrons. The highest BCUT2D eigenvalue weighted by Gasteiger charge is 2.57. The maximum absolute atomic E-state index is 13.7. The molecule has 2 aromatic rings. The Morgan fingerprint density at radius 1 is 1.15 bits per heavy atom. The summed E-state index contributed by atoms with van der Waals surface area (Å²) in [6.07, 6.45) is 5.77. The van der Waals surface area contributed by atoms with Crippen molar-refractivity contribution >= 4 is 52.1 Å². The van der Waals surface area contributed by atoms with Gasteiger partial charge in [-0.3, -0.25) is 14.5 Å². The fourth-order valence-electron chi connectivity index (χ4n) is 6.43. The van der Waals surface area contributed by atoms with Gasteiger partial charge in [-0.05, 0) is 74.0 Å². The zero-order valence-corrected chi connectivity index (χ0v) is 23.7. The van der Waals surface area contributed by atoms with Crippen LogP contribution in [0.5, 0.6) is 5.75 Å². The Morgan fingerprint density at radius 2 is 1.95 bits per heavy atom. The standard InChI is InChI=1S/C30H33BBrNO6/c1-3-5-18-14-23-28(30(36)33(29(23)35)22-7-4-6-20(15-22)31(37)38)24-16-39-26(27(18)24)11-8-17(2)12-19-13-21(32)9-10-25(19)34/h4,6-7,9-10,12-13,15,23-24,26,28,34,37-38H,3,5,8,11,14,16H2,1-2H3/b17-12+/t23-,24+,26-,28-/m1/s1. The summed E-state index contributed by atoms with van der Waals surface area (Å²) in [6, 6.07) is 11.7. The van der Waals surface area contributed by atoms with Gasteiger partial charge in [-0.1, -0.05) is 58.6 Å². The van der Waals surface area contributed by atoms with Crippen LogP contribution in [-0.2, 0) is 14.3 Å². The van der Waals surface area contributed by atoms with Crippen molar-refractivity contribution in [2.24, 2.45) is 17.8 Å². The molecular weight excluding hydrogens is 561 g/mol. The molecule has 0 aromatic heterocycles. The molecule has 5 rings (SSSR count). The van der Waals surface area contributed by atoms with E-state index in [1.165, 1.54) is 22.1 Å². The van der Waals surface area contributed by atoms with Crippen LogP contribution >= 0.6 is 15.9 Å². The smallest absolute Gasteiger partial charge is 0.488 e. The molecular formula is C30H33BBrNO6. The number of carbonyl (C=O) groups excluding carboxylic acids is 2. The Morgan fingerprint density at radius 3 is 2.69 bits per heavy atom.